The van der Waals surface area contributed by atoms with Crippen molar-refractivity contribution in [3.8, 4) is 0 Å². The third kappa shape index (κ3) is 4.80. The Morgan fingerprint density at radius 1 is 1.50 bits per heavy atom. The Kier molecular flexibility index (Phi) is 6.30. The maximum Gasteiger partial charge on any atom is 0.251 e. The van der Waals surface area contributed by atoms with Crippen molar-refractivity contribution >= 4 is 44.4 Å². The monoisotopic (exact) mass is 397 g/mol. The molecule has 0 heterocycles. The lowest BCUT2D eigenvalue weighted by Crippen LogP contribution is -2.31. The summed E-state index contributed by atoms with van der Waals surface area (Å²) in [5.41, 5.74) is 0.678. The minimum Gasteiger partial charge on any atom is -0.383 e. The lowest BCUT2D eigenvalue weighted by Gasteiger charge is -2.10. The third-order valence-electron chi connectivity index (χ3n) is 1.94. The Bertz CT molecular complexity index is 342. The number of benzene rings is 1. The SMILES string of the molecule is COCC(Br)CNC(=O)c1ccc(I)cc1. The van der Waals surface area contributed by atoms with Gasteiger partial charge in [-0.3, -0.25) is 4.79 Å². The molecule has 88 valence electrons. The zero-order chi connectivity index (χ0) is 12.0. The highest BCUT2D eigenvalue weighted by molar-refractivity contribution is 14.1. The molecule has 0 aliphatic carbocycles. The molecule has 1 amide bonds. The number of hydrogen-bond donors (Lipinski definition) is 1. The molecule has 1 N–H and O–H groups in total. The van der Waals surface area contributed by atoms with Crippen LogP contribution in [0, 0.1) is 3.57 Å². The summed E-state index contributed by atoms with van der Waals surface area (Å²) in [5, 5.41) is 2.83. The molecule has 0 bridgehead atoms. The van der Waals surface area contributed by atoms with Crippen molar-refractivity contribution in [3.05, 3.63) is 33.4 Å². The van der Waals surface area contributed by atoms with Crippen molar-refractivity contribution < 1.29 is 9.53 Å². The number of alkyl halides is 1. The van der Waals surface area contributed by atoms with Crippen LogP contribution in [0.5, 0.6) is 0 Å². The first-order valence-electron chi connectivity index (χ1n) is 4.80. The van der Waals surface area contributed by atoms with Gasteiger partial charge in [-0.05, 0) is 46.9 Å². The molecule has 1 rings (SSSR count). The average molecular weight is 398 g/mol. The molecule has 0 saturated carbocycles. The number of amides is 1. The fraction of sp³-hybridized carbons (Fsp3) is 0.364. The van der Waals surface area contributed by atoms with Gasteiger partial charge in [0.25, 0.3) is 5.91 Å². The van der Waals surface area contributed by atoms with Gasteiger partial charge < -0.3 is 10.1 Å². The van der Waals surface area contributed by atoms with Gasteiger partial charge in [0, 0.05) is 22.8 Å². The molecule has 0 aromatic heterocycles. The average Bonchev–Trinajstić information content (AvgIpc) is 2.27. The van der Waals surface area contributed by atoms with Crippen molar-refractivity contribution in [2.75, 3.05) is 20.3 Å². The van der Waals surface area contributed by atoms with Crippen LogP contribution < -0.4 is 5.32 Å². The number of methoxy groups -OCH3 is 1. The van der Waals surface area contributed by atoms with Crippen LogP contribution in [0.4, 0.5) is 0 Å². The lowest BCUT2D eigenvalue weighted by molar-refractivity contribution is 0.0950. The molecule has 16 heavy (non-hydrogen) atoms. The number of hydrogen-bond acceptors (Lipinski definition) is 2. The molecule has 1 aromatic carbocycles. The van der Waals surface area contributed by atoms with Crippen LogP contribution in [0.2, 0.25) is 0 Å². The van der Waals surface area contributed by atoms with Crippen LogP contribution in [-0.4, -0.2) is 31.0 Å². The van der Waals surface area contributed by atoms with E-state index in [0.717, 1.165) is 3.57 Å². The Morgan fingerprint density at radius 2 is 2.12 bits per heavy atom. The van der Waals surface area contributed by atoms with E-state index in [4.69, 9.17) is 4.74 Å². The molecule has 3 nitrogen and oxygen atoms in total. The fourth-order valence-electron chi connectivity index (χ4n) is 1.15. The number of ether oxygens (including phenoxy) is 1. The van der Waals surface area contributed by atoms with E-state index in [0.29, 0.717) is 18.7 Å². The summed E-state index contributed by atoms with van der Waals surface area (Å²) in [6, 6.07) is 7.46. The second kappa shape index (κ2) is 7.24. The van der Waals surface area contributed by atoms with Crippen molar-refractivity contribution in [3.63, 3.8) is 0 Å². The maximum absolute atomic E-state index is 11.7. The van der Waals surface area contributed by atoms with Crippen molar-refractivity contribution in [1.29, 1.82) is 0 Å². The number of carbonyl (C=O) groups excluding carboxylic acids is 1. The zero-order valence-corrected chi connectivity index (χ0v) is 12.6. The van der Waals surface area contributed by atoms with Gasteiger partial charge in [-0.2, -0.15) is 0 Å². The predicted octanol–water partition coefficient (Wildman–Crippen LogP) is 2.43. The standard InChI is InChI=1S/C11H13BrINO2/c1-16-7-9(12)6-14-11(15)8-2-4-10(13)5-3-8/h2-5,9H,6-7H2,1H3,(H,14,15). The first-order valence-corrected chi connectivity index (χ1v) is 6.79. The molecule has 0 aliphatic heterocycles. The van der Waals surface area contributed by atoms with E-state index in [1.807, 2.05) is 24.3 Å². The van der Waals surface area contributed by atoms with Crippen molar-refractivity contribution in [2.24, 2.45) is 0 Å². The van der Waals surface area contributed by atoms with Gasteiger partial charge in [0.1, 0.15) is 0 Å². The van der Waals surface area contributed by atoms with Gasteiger partial charge in [-0.15, -0.1) is 0 Å². The van der Waals surface area contributed by atoms with Crippen LogP contribution in [-0.2, 0) is 4.74 Å². The summed E-state index contributed by atoms with van der Waals surface area (Å²) in [6.45, 7) is 1.13. The van der Waals surface area contributed by atoms with Crippen LogP contribution in [0.25, 0.3) is 0 Å². The number of nitrogens with one attached hydrogen (secondary N) is 1. The Hall–Kier alpha value is -0.140. The lowest BCUT2D eigenvalue weighted by atomic mass is 10.2. The van der Waals surface area contributed by atoms with E-state index in [1.165, 1.54) is 0 Å². The van der Waals surface area contributed by atoms with Crippen LogP contribution >= 0.6 is 38.5 Å². The summed E-state index contributed by atoms with van der Waals surface area (Å²) in [4.78, 5) is 11.8. The smallest absolute Gasteiger partial charge is 0.251 e. The molecule has 0 aliphatic rings. The quantitative estimate of drug-likeness (QED) is 0.612. The van der Waals surface area contributed by atoms with Gasteiger partial charge in [0.2, 0.25) is 0 Å². The highest BCUT2D eigenvalue weighted by Crippen LogP contribution is 2.07. The normalized spacial score (nSPS) is 12.2. The molecule has 1 aromatic rings. The predicted molar refractivity (Wildman–Crippen MR) is 76.1 cm³/mol. The maximum atomic E-state index is 11.7. The molecular formula is C11H13BrINO2. The summed E-state index contributed by atoms with van der Waals surface area (Å²) in [5.74, 6) is -0.0584. The molecule has 5 heteroatoms. The second-order valence-corrected chi connectivity index (χ2v) is 5.81. The highest BCUT2D eigenvalue weighted by Gasteiger charge is 2.08. The number of rotatable bonds is 5. The van der Waals surface area contributed by atoms with E-state index in [-0.39, 0.29) is 10.7 Å². The van der Waals surface area contributed by atoms with E-state index >= 15 is 0 Å². The Labute approximate surface area is 117 Å². The first-order chi connectivity index (χ1) is 7.63. The van der Waals surface area contributed by atoms with Crippen molar-refractivity contribution in [2.45, 2.75) is 4.83 Å². The zero-order valence-electron chi connectivity index (χ0n) is 8.87. The second-order valence-electron chi connectivity index (χ2n) is 3.27. The van der Waals surface area contributed by atoms with Crippen LogP contribution in [0.3, 0.4) is 0 Å². The minimum atomic E-state index is -0.0584. The van der Waals surface area contributed by atoms with E-state index in [1.54, 1.807) is 7.11 Å². The minimum absolute atomic E-state index is 0.0584. The largest absolute Gasteiger partial charge is 0.383 e. The summed E-state index contributed by atoms with van der Waals surface area (Å²) in [7, 11) is 1.63. The first kappa shape index (κ1) is 13.9. The molecule has 0 fully saturated rings. The summed E-state index contributed by atoms with van der Waals surface area (Å²) >= 11 is 5.62. The molecule has 0 spiro atoms. The molecule has 1 atom stereocenters. The van der Waals surface area contributed by atoms with Crippen molar-refractivity contribution in [1.82, 2.24) is 5.32 Å². The van der Waals surface area contributed by atoms with Gasteiger partial charge >= 0.3 is 0 Å². The van der Waals surface area contributed by atoms with Gasteiger partial charge in [0.05, 0.1) is 11.4 Å². The van der Waals surface area contributed by atoms with E-state index < -0.39 is 0 Å². The summed E-state index contributed by atoms with van der Waals surface area (Å²) in [6.07, 6.45) is 0. The van der Waals surface area contributed by atoms with Gasteiger partial charge in [0.15, 0.2) is 0 Å². The number of halogens is 2. The Morgan fingerprint density at radius 3 is 2.69 bits per heavy atom. The Balaban J connectivity index is 2.43. The van der Waals surface area contributed by atoms with Gasteiger partial charge in [-0.25, -0.2) is 0 Å². The van der Waals surface area contributed by atoms with E-state index in [2.05, 4.69) is 43.8 Å². The molecule has 0 radical (unpaired) electrons. The fourth-order valence-corrected chi connectivity index (χ4v) is 1.93. The number of carbonyl (C=O) groups is 1. The highest BCUT2D eigenvalue weighted by atomic mass is 127. The summed E-state index contributed by atoms with van der Waals surface area (Å²) < 4.78 is 6.08. The molecule has 1 unspecified atom stereocenters. The molecular weight excluding hydrogens is 385 g/mol. The topological polar surface area (TPSA) is 38.3 Å². The van der Waals surface area contributed by atoms with Gasteiger partial charge in [-0.1, -0.05) is 15.9 Å². The third-order valence-corrected chi connectivity index (χ3v) is 3.25. The van der Waals surface area contributed by atoms with E-state index in [9.17, 15) is 4.79 Å². The molecule has 0 saturated heterocycles. The van der Waals surface area contributed by atoms with Crippen LogP contribution in [0.1, 0.15) is 10.4 Å². The van der Waals surface area contributed by atoms with Crippen LogP contribution in [0.15, 0.2) is 24.3 Å².